The maximum absolute atomic E-state index is 12.2. The fourth-order valence-electron chi connectivity index (χ4n) is 1.69. The van der Waals surface area contributed by atoms with Crippen LogP contribution >= 0.6 is 11.6 Å². The minimum atomic E-state index is -1.05. The van der Waals surface area contributed by atoms with Gasteiger partial charge in [-0.05, 0) is 39.0 Å². The van der Waals surface area contributed by atoms with Crippen LogP contribution in [-0.4, -0.2) is 40.6 Å². The molecule has 0 saturated carbocycles. The number of nitrogens with zero attached hydrogens (tertiary/aromatic N) is 1. The van der Waals surface area contributed by atoms with Gasteiger partial charge < -0.3 is 14.7 Å². The number of ether oxygens (including phenoxy) is 1. The number of carbonyl (C=O) groups is 2. The third-order valence-electron chi connectivity index (χ3n) is 2.67. The van der Waals surface area contributed by atoms with E-state index in [4.69, 9.17) is 21.4 Å². The molecular weight excluding hydrogens is 282 g/mol. The number of carbonyl (C=O) groups excluding carboxylic acids is 1. The highest BCUT2D eigenvalue weighted by molar-refractivity contribution is 6.30. The fraction of sp³-hybridized carbons (Fsp3) is 0.429. The molecule has 0 aliphatic carbocycles. The lowest BCUT2D eigenvalue weighted by Gasteiger charge is -2.28. The average Bonchev–Trinajstić information content (AvgIpc) is 2.34. The van der Waals surface area contributed by atoms with E-state index in [-0.39, 0.29) is 18.5 Å². The Kier molecular flexibility index (Phi) is 5.82. The second-order valence-electron chi connectivity index (χ2n) is 4.67. The molecule has 1 aromatic rings. The van der Waals surface area contributed by atoms with E-state index >= 15 is 0 Å². The number of halogens is 1. The van der Waals surface area contributed by atoms with Crippen LogP contribution in [0.1, 0.15) is 20.8 Å². The van der Waals surface area contributed by atoms with E-state index in [2.05, 4.69) is 0 Å². The van der Waals surface area contributed by atoms with Gasteiger partial charge in [0.1, 0.15) is 12.3 Å². The molecule has 1 rings (SSSR count). The third kappa shape index (κ3) is 4.74. The van der Waals surface area contributed by atoms with Crippen LogP contribution < -0.4 is 4.74 Å². The highest BCUT2D eigenvalue weighted by Crippen LogP contribution is 2.19. The molecule has 5 nitrogen and oxygen atoms in total. The quantitative estimate of drug-likeness (QED) is 0.876. The monoisotopic (exact) mass is 299 g/mol. The van der Waals surface area contributed by atoms with E-state index in [1.54, 1.807) is 45.0 Å². The minimum Gasteiger partial charge on any atom is -0.481 e. The number of aliphatic carboxylic acids is 1. The molecule has 0 bridgehead atoms. The molecule has 110 valence electrons. The zero-order valence-corrected chi connectivity index (χ0v) is 12.4. The summed E-state index contributed by atoms with van der Waals surface area (Å²) in [5.41, 5.74) is 0. The molecular formula is C14H18ClNO4. The van der Waals surface area contributed by atoms with Gasteiger partial charge in [-0.3, -0.25) is 9.59 Å². The second kappa shape index (κ2) is 7.14. The molecule has 1 aromatic carbocycles. The van der Waals surface area contributed by atoms with Crippen LogP contribution in [0.4, 0.5) is 0 Å². The minimum absolute atomic E-state index is 0.219. The van der Waals surface area contributed by atoms with Gasteiger partial charge in [0.15, 0.2) is 6.10 Å². The molecule has 0 aliphatic heterocycles. The largest absolute Gasteiger partial charge is 0.481 e. The summed E-state index contributed by atoms with van der Waals surface area (Å²) in [4.78, 5) is 24.3. The van der Waals surface area contributed by atoms with Crippen molar-refractivity contribution in [2.45, 2.75) is 32.9 Å². The van der Waals surface area contributed by atoms with E-state index in [1.807, 2.05) is 0 Å². The molecule has 1 atom stereocenters. The van der Waals surface area contributed by atoms with Gasteiger partial charge in [0.05, 0.1) is 0 Å². The van der Waals surface area contributed by atoms with Crippen molar-refractivity contribution in [3.8, 4) is 5.75 Å². The highest BCUT2D eigenvalue weighted by Gasteiger charge is 2.26. The first kappa shape index (κ1) is 16.3. The molecule has 20 heavy (non-hydrogen) atoms. The summed E-state index contributed by atoms with van der Waals surface area (Å²) in [5, 5.41) is 9.35. The Morgan fingerprint density at radius 3 is 2.50 bits per heavy atom. The molecule has 0 aliphatic rings. The molecule has 0 saturated heterocycles. The first-order chi connectivity index (χ1) is 9.31. The van der Waals surface area contributed by atoms with Gasteiger partial charge in [0.25, 0.3) is 5.91 Å². The van der Waals surface area contributed by atoms with Crippen molar-refractivity contribution >= 4 is 23.5 Å². The van der Waals surface area contributed by atoms with Crippen LogP contribution in [0.3, 0.4) is 0 Å². The summed E-state index contributed by atoms with van der Waals surface area (Å²) in [5.74, 6) is -0.957. The molecule has 1 N–H and O–H groups in total. The molecule has 1 unspecified atom stereocenters. The number of benzene rings is 1. The Balaban J connectivity index is 2.76. The van der Waals surface area contributed by atoms with Gasteiger partial charge in [0, 0.05) is 11.1 Å². The normalized spacial score (nSPS) is 12.1. The Labute approximate surface area is 123 Å². The fourth-order valence-corrected chi connectivity index (χ4v) is 1.87. The maximum atomic E-state index is 12.2. The smallest absolute Gasteiger partial charge is 0.323 e. The second-order valence-corrected chi connectivity index (χ2v) is 5.11. The highest BCUT2D eigenvalue weighted by atomic mass is 35.5. The van der Waals surface area contributed by atoms with Crippen molar-refractivity contribution in [1.82, 2.24) is 4.90 Å². The number of hydrogen-bond donors (Lipinski definition) is 1. The maximum Gasteiger partial charge on any atom is 0.323 e. The summed E-state index contributed by atoms with van der Waals surface area (Å²) in [6.45, 7) is 4.75. The average molecular weight is 300 g/mol. The Bertz CT molecular complexity index is 490. The van der Waals surface area contributed by atoms with Gasteiger partial charge in [-0.25, -0.2) is 0 Å². The van der Waals surface area contributed by atoms with Crippen LogP contribution in [-0.2, 0) is 9.59 Å². The Morgan fingerprint density at radius 1 is 1.35 bits per heavy atom. The summed E-state index contributed by atoms with van der Waals surface area (Å²) in [6.07, 6.45) is -0.782. The van der Waals surface area contributed by atoms with Crippen LogP contribution in [0.2, 0.25) is 5.02 Å². The Morgan fingerprint density at radius 2 is 2.00 bits per heavy atom. The zero-order chi connectivity index (χ0) is 15.3. The SMILES string of the molecule is CC(Oc1cccc(Cl)c1)C(=O)N(CC(=O)O)C(C)C. The predicted octanol–water partition coefficient (Wildman–Crippen LogP) is 2.43. The molecule has 0 fully saturated rings. The van der Waals surface area contributed by atoms with Gasteiger partial charge in [-0.2, -0.15) is 0 Å². The van der Waals surface area contributed by atoms with E-state index in [0.29, 0.717) is 10.8 Å². The van der Waals surface area contributed by atoms with Crippen molar-refractivity contribution in [3.05, 3.63) is 29.3 Å². The van der Waals surface area contributed by atoms with Crippen molar-refractivity contribution in [2.24, 2.45) is 0 Å². The van der Waals surface area contributed by atoms with Crippen LogP contribution in [0.5, 0.6) is 5.75 Å². The molecule has 1 amide bonds. The molecule has 0 spiro atoms. The van der Waals surface area contributed by atoms with Crippen molar-refractivity contribution in [1.29, 1.82) is 0 Å². The van der Waals surface area contributed by atoms with E-state index in [0.717, 1.165) is 0 Å². The van der Waals surface area contributed by atoms with E-state index < -0.39 is 12.1 Å². The van der Waals surface area contributed by atoms with Crippen LogP contribution in [0, 0.1) is 0 Å². The van der Waals surface area contributed by atoms with Crippen molar-refractivity contribution in [2.75, 3.05) is 6.54 Å². The standard InChI is InChI=1S/C14H18ClNO4/c1-9(2)16(8-13(17)18)14(19)10(3)20-12-6-4-5-11(15)7-12/h4-7,9-10H,8H2,1-3H3,(H,17,18). The van der Waals surface area contributed by atoms with Gasteiger partial charge in [-0.15, -0.1) is 0 Å². The number of carboxylic acids is 1. The van der Waals surface area contributed by atoms with E-state index in [1.165, 1.54) is 4.90 Å². The van der Waals surface area contributed by atoms with Crippen LogP contribution in [0.15, 0.2) is 24.3 Å². The summed E-state index contributed by atoms with van der Waals surface area (Å²) in [6, 6.07) is 6.48. The first-order valence-corrected chi connectivity index (χ1v) is 6.63. The number of carboxylic acid groups (broad SMARTS) is 1. The van der Waals surface area contributed by atoms with E-state index in [9.17, 15) is 9.59 Å². The summed E-state index contributed by atoms with van der Waals surface area (Å²) >= 11 is 5.84. The summed E-state index contributed by atoms with van der Waals surface area (Å²) < 4.78 is 5.50. The predicted molar refractivity (Wildman–Crippen MR) is 76.0 cm³/mol. The van der Waals surface area contributed by atoms with Gasteiger partial charge in [0.2, 0.25) is 0 Å². The van der Waals surface area contributed by atoms with Crippen molar-refractivity contribution in [3.63, 3.8) is 0 Å². The van der Waals surface area contributed by atoms with Crippen LogP contribution in [0.25, 0.3) is 0 Å². The number of amides is 1. The molecule has 6 heteroatoms. The molecule has 0 radical (unpaired) electrons. The lowest BCUT2D eigenvalue weighted by atomic mass is 10.2. The summed E-state index contributed by atoms with van der Waals surface area (Å²) in [7, 11) is 0. The molecule has 0 heterocycles. The third-order valence-corrected chi connectivity index (χ3v) is 2.90. The zero-order valence-electron chi connectivity index (χ0n) is 11.7. The number of hydrogen-bond acceptors (Lipinski definition) is 3. The van der Waals surface area contributed by atoms with Gasteiger partial charge >= 0.3 is 5.97 Å². The van der Waals surface area contributed by atoms with Gasteiger partial charge in [-0.1, -0.05) is 17.7 Å². The van der Waals surface area contributed by atoms with Crippen molar-refractivity contribution < 1.29 is 19.4 Å². The lowest BCUT2D eigenvalue weighted by molar-refractivity contribution is -0.149. The first-order valence-electron chi connectivity index (χ1n) is 6.25. The number of rotatable bonds is 6. The lowest BCUT2D eigenvalue weighted by Crippen LogP contribution is -2.46. The topological polar surface area (TPSA) is 66.8 Å². The Hall–Kier alpha value is -1.75. The molecule has 0 aromatic heterocycles.